The van der Waals surface area contributed by atoms with Crippen LogP contribution in [0.4, 0.5) is 5.69 Å². The second kappa shape index (κ2) is 6.06. The molecule has 0 bridgehead atoms. The highest BCUT2D eigenvalue weighted by atomic mass is 16.4. The van der Waals surface area contributed by atoms with Crippen molar-refractivity contribution in [3.8, 4) is 0 Å². The van der Waals surface area contributed by atoms with Crippen molar-refractivity contribution in [3.05, 3.63) is 29.3 Å². The van der Waals surface area contributed by atoms with Gasteiger partial charge in [0, 0.05) is 25.8 Å². The summed E-state index contributed by atoms with van der Waals surface area (Å²) in [6.45, 7) is 4.81. The van der Waals surface area contributed by atoms with Gasteiger partial charge in [0.1, 0.15) is 0 Å². The number of carbonyl (C=O) groups is 1. The first-order chi connectivity index (χ1) is 9.10. The molecule has 1 N–H and O–H groups in total. The lowest BCUT2D eigenvalue weighted by Gasteiger charge is -2.20. The maximum Gasteiger partial charge on any atom is 0.317 e. The Morgan fingerprint density at radius 3 is 2.95 bits per heavy atom. The number of aliphatic carboxylic acids is 1. The highest BCUT2D eigenvalue weighted by molar-refractivity contribution is 5.69. The van der Waals surface area contributed by atoms with Crippen molar-refractivity contribution >= 4 is 11.7 Å². The third-order valence-electron chi connectivity index (χ3n) is 3.58. The second-order valence-electron chi connectivity index (χ2n) is 5.24. The Bertz CT molecular complexity index is 459. The molecule has 0 radical (unpaired) electrons. The summed E-state index contributed by atoms with van der Waals surface area (Å²) in [5.41, 5.74) is 3.90. The minimum Gasteiger partial charge on any atom is -0.480 e. The molecule has 0 unspecified atom stereocenters. The van der Waals surface area contributed by atoms with Gasteiger partial charge in [-0.3, -0.25) is 9.69 Å². The Kier molecular flexibility index (Phi) is 4.43. The van der Waals surface area contributed by atoms with Gasteiger partial charge in [-0.2, -0.15) is 0 Å². The summed E-state index contributed by atoms with van der Waals surface area (Å²) in [6.07, 6.45) is 2.06. The third kappa shape index (κ3) is 3.47. The average Bonchev–Trinajstić information content (AvgIpc) is 2.70. The SMILES string of the molecule is CCCN(CC(=O)O)Cc1ccc2c(c1)CCN2C. The summed E-state index contributed by atoms with van der Waals surface area (Å²) in [4.78, 5) is 15.1. The summed E-state index contributed by atoms with van der Waals surface area (Å²) in [5.74, 6) is -0.755. The number of carboxylic acids is 1. The van der Waals surface area contributed by atoms with Crippen molar-refractivity contribution in [2.24, 2.45) is 0 Å². The quantitative estimate of drug-likeness (QED) is 0.851. The Morgan fingerprint density at radius 1 is 1.47 bits per heavy atom. The normalized spacial score (nSPS) is 13.9. The van der Waals surface area contributed by atoms with Crippen molar-refractivity contribution in [3.63, 3.8) is 0 Å². The van der Waals surface area contributed by atoms with Gasteiger partial charge in [0.25, 0.3) is 0 Å². The minimum absolute atomic E-state index is 0.116. The van der Waals surface area contributed by atoms with E-state index in [1.54, 1.807) is 0 Å². The zero-order chi connectivity index (χ0) is 13.8. The molecule has 0 saturated heterocycles. The molecular formula is C15H22N2O2. The lowest BCUT2D eigenvalue weighted by atomic mass is 10.1. The first-order valence-corrected chi connectivity index (χ1v) is 6.87. The predicted octanol–water partition coefficient (Wildman–Crippen LogP) is 1.98. The van der Waals surface area contributed by atoms with Gasteiger partial charge >= 0.3 is 5.97 Å². The van der Waals surface area contributed by atoms with E-state index in [0.29, 0.717) is 0 Å². The molecule has 2 rings (SSSR count). The van der Waals surface area contributed by atoms with Gasteiger partial charge in [-0.15, -0.1) is 0 Å². The average molecular weight is 262 g/mol. The highest BCUT2D eigenvalue weighted by Crippen LogP contribution is 2.27. The molecule has 1 heterocycles. The Balaban J connectivity index is 2.07. The molecule has 0 atom stereocenters. The lowest BCUT2D eigenvalue weighted by molar-refractivity contribution is -0.138. The highest BCUT2D eigenvalue weighted by Gasteiger charge is 2.16. The Labute approximate surface area is 114 Å². The van der Waals surface area contributed by atoms with E-state index in [-0.39, 0.29) is 6.54 Å². The summed E-state index contributed by atoms with van der Waals surface area (Å²) < 4.78 is 0. The number of anilines is 1. The molecule has 1 aromatic rings. The first-order valence-electron chi connectivity index (χ1n) is 6.87. The number of nitrogens with zero attached hydrogens (tertiary/aromatic N) is 2. The molecule has 4 nitrogen and oxygen atoms in total. The van der Waals surface area contributed by atoms with Crippen LogP contribution in [-0.2, 0) is 17.8 Å². The van der Waals surface area contributed by atoms with Crippen molar-refractivity contribution in [2.45, 2.75) is 26.3 Å². The van der Waals surface area contributed by atoms with Gasteiger partial charge in [-0.25, -0.2) is 0 Å². The maximum absolute atomic E-state index is 10.9. The van der Waals surface area contributed by atoms with E-state index in [4.69, 9.17) is 5.11 Å². The summed E-state index contributed by atoms with van der Waals surface area (Å²) in [5, 5.41) is 8.93. The lowest BCUT2D eigenvalue weighted by Crippen LogP contribution is -2.30. The van der Waals surface area contributed by atoms with Crippen LogP contribution >= 0.6 is 0 Å². The number of rotatable bonds is 6. The van der Waals surface area contributed by atoms with Crippen molar-refractivity contribution in [2.75, 3.05) is 31.6 Å². The molecule has 0 saturated carbocycles. The van der Waals surface area contributed by atoms with E-state index < -0.39 is 5.97 Å². The molecular weight excluding hydrogens is 240 g/mol. The second-order valence-corrected chi connectivity index (χ2v) is 5.24. The Morgan fingerprint density at radius 2 is 2.26 bits per heavy atom. The van der Waals surface area contributed by atoms with E-state index in [9.17, 15) is 4.79 Å². The number of carboxylic acid groups (broad SMARTS) is 1. The maximum atomic E-state index is 10.9. The van der Waals surface area contributed by atoms with Crippen LogP contribution in [0.15, 0.2) is 18.2 Å². The fourth-order valence-electron chi connectivity index (χ4n) is 2.70. The van der Waals surface area contributed by atoms with Crippen molar-refractivity contribution in [1.29, 1.82) is 0 Å². The van der Waals surface area contributed by atoms with E-state index in [1.807, 2.05) is 4.90 Å². The zero-order valence-corrected chi connectivity index (χ0v) is 11.7. The number of hydrogen-bond acceptors (Lipinski definition) is 3. The molecule has 0 spiro atoms. The van der Waals surface area contributed by atoms with Crippen LogP contribution in [-0.4, -0.2) is 42.7 Å². The van der Waals surface area contributed by atoms with Crippen LogP contribution in [0, 0.1) is 0 Å². The molecule has 4 heteroatoms. The van der Waals surface area contributed by atoms with E-state index in [2.05, 4.69) is 37.1 Å². The molecule has 1 aliphatic heterocycles. The molecule has 0 fully saturated rings. The smallest absolute Gasteiger partial charge is 0.317 e. The minimum atomic E-state index is -0.755. The number of likely N-dealkylation sites (N-methyl/N-ethyl adjacent to an activating group) is 1. The molecule has 104 valence electrons. The van der Waals surface area contributed by atoms with Gasteiger partial charge in [-0.05, 0) is 36.6 Å². The van der Waals surface area contributed by atoms with Gasteiger partial charge in [0.15, 0.2) is 0 Å². The topological polar surface area (TPSA) is 43.8 Å². The van der Waals surface area contributed by atoms with E-state index >= 15 is 0 Å². The van der Waals surface area contributed by atoms with Gasteiger partial charge in [0.05, 0.1) is 6.54 Å². The molecule has 0 aromatic heterocycles. The van der Waals surface area contributed by atoms with E-state index in [1.165, 1.54) is 16.8 Å². The van der Waals surface area contributed by atoms with Crippen LogP contribution in [0.2, 0.25) is 0 Å². The predicted molar refractivity (Wildman–Crippen MR) is 76.6 cm³/mol. The fourth-order valence-corrected chi connectivity index (χ4v) is 2.70. The molecule has 19 heavy (non-hydrogen) atoms. The largest absolute Gasteiger partial charge is 0.480 e. The molecule has 1 aliphatic rings. The summed E-state index contributed by atoms with van der Waals surface area (Å²) >= 11 is 0. The van der Waals surface area contributed by atoms with Crippen molar-refractivity contribution < 1.29 is 9.90 Å². The van der Waals surface area contributed by atoms with Crippen LogP contribution in [0.5, 0.6) is 0 Å². The van der Waals surface area contributed by atoms with Gasteiger partial charge in [-0.1, -0.05) is 19.1 Å². The molecule has 0 amide bonds. The van der Waals surface area contributed by atoms with Crippen molar-refractivity contribution in [1.82, 2.24) is 4.90 Å². The molecule has 1 aromatic carbocycles. The first kappa shape index (κ1) is 13.9. The summed E-state index contributed by atoms with van der Waals surface area (Å²) in [7, 11) is 2.11. The van der Waals surface area contributed by atoms with Crippen LogP contribution in [0.1, 0.15) is 24.5 Å². The Hall–Kier alpha value is -1.55. The third-order valence-corrected chi connectivity index (χ3v) is 3.58. The summed E-state index contributed by atoms with van der Waals surface area (Å²) in [6, 6.07) is 6.50. The van der Waals surface area contributed by atoms with Crippen LogP contribution < -0.4 is 4.90 Å². The fraction of sp³-hybridized carbons (Fsp3) is 0.533. The number of fused-ring (bicyclic) bond motifs is 1. The van der Waals surface area contributed by atoms with Gasteiger partial charge in [0.2, 0.25) is 0 Å². The van der Waals surface area contributed by atoms with Crippen LogP contribution in [0.25, 0.3) is 0 Å². The van der Waals surface area contributed by atoms with Gasteiger partial charge < -0.3 is 10.0 Å². The number of benzene rings is 1. The monoisotopic (exact) mass is 262 g/mol. The standard InChI is InChI=1S/C15H22N2O2/c1-3-7-17(11-15(18)19)10-12-4-5-14-13(9-12)6-8-16(14)2/h4-5,9H,3,6-8,10-11H2,1-2H3,(H,18,19). The zero-order valence-electron chi connectivity index (χ0n) is 11.7. The number of hydrogen-bond donors (Lipinski definition) is 1. The molecule has 0 aliphatic carbocycles. The van der Waals surface area contributed by atoms with Crippen LogP contribution in [0.3, 0.4) is 0 Å². The van der Waals surface area contributed by atoms with E-state index in [0.717, 1.165) is 32.5 Å².